The predicted octanol–water partition coefficient (Wildman–Crippen LogP) is 1.09. The predicted molar refractivity (Wildman–Crippen MR) is 71.1 cm³/mol. The molecule has 19 heavy (non-hydrogen) atoms. The molecule has 0 saturated heterocycles. The van der Waals surface area contributed by atoms with Crippen LogP contribution in [-0.2, 0) is 7.05 Å². The summed E-state index contributed by atoms with van der Waals surface area (Å²) in [6.07, 6.45) is 0.633. The molecule has 0 amide bonds. The van der Waals surface area contributed by atoms with Crippen LogP contribution in [0, 0.1) is 0 Å². The average molecular weight is 298 g/mol. The third-order valence-electron chi connectivity index (χ3n) is 2.28. The maximum Gasteiger partial charge on any atom is 0.339 e. The Balaban J connectivity index is 2.50. The van der Waals surface area contributed by atoms with E-state index in [-0.39, 0.29) is 5.16 Å². The Hall–Kier alpha value is -1.86. The number of hydrogen-bond acceptors (Lipinski definition) is 5. The Labute approximate surface area is 116 Å². The number of aromatic amines is 1. The molecule has 1 aromatic heterocycles. The number of nitrogens with one attached hydrogen (secondary N) is 1. The van der Waals surface area contributed by atoms with Crippen LogP contribution in [0.15, 0.2) is 37.8 Å². The van der Waals surface area contributed by atoms with Crippen LogP contribution in [0.25, 0.3) is 0 Å². The van der Waals surface area contributed by atoms with Crippen molar-refractivity contribution in [2.24, 2.45) is 7.05 Å². The van der Waals surface area contributed by atoms with E-state index in [9.17, 15) is 14.4 Å². The Morgan fingerprint density at radius 3 is 2.84 bits per heavy atom. The van der Waals surface area contributed by atoms with Crippen LogP contribution in [0.1, 0.15) is 10.4 Å². The molecule has 8 heteroatoms. The number of aromatic nitrogens is 3. The molecule has 1 N–H and O–H groups in total. The Morgan fingerprint density at radius 1 is 1.42 bits per heavy atom. The van der Waals surface area contributed by atoms with Crippen LogP contribution in [0.3, 0.4) is 0 Å². The van der Waals surface area contributed by atoms with Gasteiger partial charge in [0.25, 0.3) is 0 Å². The van der Waals surface area contributed by atoms with Crippen molar-refractivity contribution in [1.82, 2.24) is 14.8 Å². The summed E-state index contributed by atoms with van der Waals surface area (Å²) in [4.78, 5) is 37.5. The molecule has 2 rings (SSSR count). The van der Waals surface area contributed by atoms with Crippen LogP contribution in [0.4, 0.5) is 0 Å². The quantitative estimate of drug-likeness (QED) is 0.677. The lowest BCUT2D eigenvalue weighted by Gasteiger charge is -2.08. The molecule has 98 valence electrons. The van der Waals surface area contributed by atoms with Gasteiger partial charge in [0.05, 0.1) is 5.02 Å². The second kappa shape index (κ2) is 5.41. The minimum absolute atomic E-state index is 0.259. The number of aryl methyl sites for hydroxylation is 1. The van der Waals surface area contributed by atoms with Crippen LogP contribution in [0.5, 0.6) is 0 Å². The Kier molecular flexibility index (Phi) is 3.87. The molecule has 0 saturated carbocycles. The van der Waals surface area contributed by atoms with Crippen molar-refractivity contribution in [3.05, 3.63) is 49.5 Å². The van der Waals surface area contributed by atoms with Gasteiger partial charge in [0, 0.05) is 17.5 Å². The second-order valence-electron chi connectivity index (χ2n) is 3.57. The summed E-state index contributed by atoms with van der Waals surface area (Å²) < 4.78 is 1.31. The standard InChI is InChI=1S/C11H8ClN3O3S/c1-15-11(13-9(17)10(18)14-15)19-8-4-2-3-7(12)6(8)5-16/h2-5H,1H3,(H,14,18). The summed E-state index contributed by atoms with van der Waals surface area (Å²) in [6.45, 7) is 0. The van der Waals surface area contributed by atoms with Gasteiger partial charge in [0.1, 0.15) is 0 Å². The van der Waals surface area contributed by atoms with Crippen molar-refractivity contribution in [2.75, 3.05) is 0 Å². The lowest BCUT2D eigenvalue weighted by atomic mass is 10.2. The van der Waals surface area contributed by atoms with Gasteiger partial charge in [-0.1, -0.05) is 17.7 Å². The number of rotatable bonds is 3. The highest BCUT2D eigenvalue weighted by atomic mass is 35.5. The first-order valence-electron chi connectivity index (χ1n) is 5.12. The molecule has 0 spiro atoms. The fourth-order valence-corrected chi connectivity index (χ4v) is 2.57. The van der Waals surface area contributed by atoms with Gasteiger partial charge in [-0.25, -0.2) is 0 Å². The van der Waals surface area contributed by atoms with Gasteiger partial charge in [0.15, 0.2) is 11.4 Å². The summed E-state index contributed by atoms with van der Waals surface area (Å²) in [5.41, 5.74) is -1.36. The molecule has 0 aliphatic carbocycles. The molecule has 2 aromatic rings. The summed E-state index contributed by atoms with van der Waals surface area (Å²) in [7, 11) is 1.54. The number of halogens is 1. The fourth-order valence-electron chi connectivity index (χ4n) is 1.37. The summed E-state index contributed by atoms with van der Waals surface area (Å²) in [5, 5.41) is 2.90. The maximum atomic E-state index is 11.2. The van der Waals surface area contributed by atoms with E-state index in [0.29, 0.717) is 21.8 Å². The van der Waals surface area contributed by atoms with Gasteiger partial charge >= 0.3 is 11.1 Å². The third kappa shape index (κ3) is 2.77. The minimum atomic E-state index is -0.879. The molecule has 1 aromatic carbocycles. The van der Waals surface area contributed by atoms with Crippen molar-refractivity contribution in [3.8, 4) is 0 Å². The molecule has 0 unspecified atom stereocenters. The van der Waals surface area contributed by atoms with E-state index < -0.39 is 11.1 Å². The van der Waals surface area contributed by atoms with E-state index in [1.165, 1.54) is 4.68 Å². The monoisotopic (exact) mass is 297 g/mol. The molecule has 0 aliphatic heterocycles. The highest BCUT2D eigenvalue weighted by Gasteiger charge is 2.11. The first-order chi connectivity index (χ1) is 9.02. The van der Waals surface area contributed by atoms with Crippen molar-refractivity contribution in [1.29, 1.82) is 0 Å². The van der Waals surface area contributed by atoms with Gasteiger partial charge in [-0.05, 0) is 23.9 Å². The number of nitrogens with zero attached hydrogens (tertiary/aromatic N) is 2. The second-order valence-corrected chi connectivity index (χ2v) is 4.99. The molecule has 0 radical (unpaired) electrons. The van der Waals surface area contributed by atoms with Crippen molar-refractivity contribution < 1.29 is 4.79 Å². The van der Waals surface area contributed by atoms with Gasteiger partial charge in [-0.2, -0.15) is 4.98 Å². The van der Waals surface area contributed by atoms with Crippen molar-refractivity contribution in [3.63, 3.8) is 0 Å². The van der Waals surface area contributed by atoms with E-state index in [1.807, 2.05) is 0 Å². The zero-order valence-electron chi connectivity index (χ0n) is 9.71. The zero-order chi connectivity index (χ0) is 14.0. The summed E-state index contributed by atoms with van der Waals surface area (Å²) in [5.74, 6) is 0. The number of hydrogen-bond donors (Lipinski definition) is 1. The molecule has 1 heterocycles. The lowest BCUT2D eigenvalue weighted by Crippen LogP contribution is -2.33. The minimum Gasteiger partial charge on any atom is -0.298 e. The smallest absolute Gasteiger partial charge is 0.298 e. The number of benzene rings is 1. The first kappa shape index (κ1) is 13.6. The van der Waals surface area contributed by atoms with E-state index in [4.69, 9.17) is 11.6 Å². The number of aldehydes is 1. The molecule has 6 nitrogen and oxygen atoms in total. The summed E-state index contributed by atoms with van der Waals surface area (Å²) >= 11 is 6.97. The zero-order valence-corrected chi connectivity index (χ0v) is 11.3. The Bertz CT molecular complexity index is 754. The molecule has 0 aliphatic rings. The maximum absolute atomic E-state index is 11.2. The molecule has 0 fully saturated rings. The topological polar surface area (TPSA) is 84.8 Å². The largest absolute Gasteiger partial charge is 0.339 e. The van der Waals surface area contributed by atoms with Crippen LogP contribution in [-0.4, -0.2) is 21.1 Å². The van der Waals surface area contributed by atoms with E-state index >= 15 is 0 Å². The first-order valence-corrected chi connectivity index (χ1v) is 6.31. The average Bonchev–Trinajstić information content (AvgIpc) is 2.36. The van der Waals surface area contributed by atoms with Crippen molar-refractivity contribution >= 4 is 29.6 Å². The van der Waals surface area contributed by atoms with Gasteiger partial charge < -0.3 is 0 Å². The highest BCUT2D eigenvalue weighted by Crippen LogP contribution is 2.30. The van der Waals surface area contributed by atoms with Gasteiger partial charge in [0.2, 0.25) is 0 Å². The third-order valence-corrected chi connectivity index (χ3v) is 3.73. The molecular formula is C11H8ClN3O3S. The number of carbonyl (C=O) groups excluding carboxylic acids is 1. The molecule has 0 bridgehead atoms. The van der Waals surface area contributed by atoms with Crippen LogP contribution < -0.4 is 11.1 Å². The SMILES string of the molecule is Cn1[nH]c(=O)c(=O)nc1Sc1cccc(Cl)c1C=O. The van der Waals surface area contributed by atoms with Gasteiger partial charge in [-0.15, -0.1) is 0 Å². The van der Waals surface area contributed by atoms with Crippen LogP contribution in [0.2, 0.25) is 5.02 Å². The Morgan fingerprint density at radius 2 is 2.16 bits per heavy atom. The number of carbonyl (C=O) groups is 1. The summed E-state index contributed by atoms with van der Waals surface area (Å²) in [6, 6.07) is 4.95. The normalized spacial score (nSPS) is 10.4. The highest BCUT2D eigenvalue weighted by molar-refractivity contribution is 7.99. The van der Waals surface area contributed by atoms with Gasteiger partial charge in [-0.3, -0.25) is 24.2 Å². The molecular weight excluding hydrogens is 290 g/mol. The lowest BCUT2D eigenvalue weighted by molar-refractivity contribution is 0.112. The van der Waals surface area contributed by atoms with Crippen molar-refractivity contribution in [2.45, 2.75) is 10.1 Å². The van der Waals surface area contributed by atoms with E-state index in [0.717, 1.165) is 11.8 Å². The van der Waals surface area contributed by atoms with Crippen LogP contribution >= 0.6 is 23.4 Å². The van der Waals surface area contributed by atoms with E-state index in [1.54, 1.807) is 25.2 Å². The fraction of sp³-hybridized carbons (Fsp3) is 0.0909. The number of H-pyrrole nitrogens is 1. The van der Waals surface area contributed by atoms with E-state index in [2.05, 4.69) is 10.1 Å². The molecule has 0 atom stereocenters.